The number of rotatable bonds is 6. The average Bonchev–Trinajstić information content (AvgIpc) is 2.46. The predicted molar refractivity (Wildman–Crippen MR) is 75.6 cm³/mol. The van der Waals surface area contributed by atoms with Gasteiger partial charge in [-0.05, 0) is 13.0 Å². The molecule has 0 fully saturated rings. The molecular weight excluding hydrogens is 294 g/mol. The molecule has 1 aliphatic heterocycles. The number of hydrogen-bond donors (Lipinski definition) is 5. The Hall–Kier alpha value is -1.90. The van der Waals surface area contributed by atoms with E-state index in [0.717, 1.165) is 0 Å². The van der Waals surface area contributed by atoms with Crippen LogP contribution in [-0.2, 0) is 14.3 Å². The second-order valence-corrected chi connectivity index (χ2v) is 4.99. The molecule has 0 saturated heterocycles. The van der Waals surface area contributed by atoms with E-state index in [4.69, 9.17) is 14.9 Å². The molecule has 5 atom stereocenters. The highest BCUT2D eigenvalue weighted by Gasteiger charge is 2.42. The summed E-state index contributed by atoms with van der Waals surface area (Å²) >= 11 is 0. The topological polar surface area (TPSA) is 136 Å². The summed E-state index contributed by atoms with van der Waals surface area (Å²) in [4.78, 5) is 22.5. The number of carbonyl (C=O) groups excluding carboxylic acids is 1. The van der Waals surface area contributed by atoms with Crippen LogP contribution in [0.3, 0.4) is 0 Å². The van der Waals surface area contributed by atoms with Crippen LogP contribution in [0.15, 0.2) is 24.0 Å². The van der Waals surface area contributed by atoms with Gasteiger partial charge in [-0.15, -0.1) is 0 Å². The standard InChI is InChI=1S/C14H21NO7/c1-3-4-8-5-10(14(20)21)22-13(11(8)15-7(2)17)12(19)9(18)6-16/h3-5,8-9,11-13,16,18-19H,6H2,1-2H3,(H,15,17)(H,20,21)/b4-3+/t8-,9-,11-,12-,13-/m1/s1. The second kappa shape index (κ2) is 7.92. The van der Waals surface area contributed by atoms with E-state index in [-0.39, 0.29) is 5.76 Å². The number of aliphatic hydroxyl groups is 3. The van der Waals surface area contributed by atoms with Gasteiger partial charge in [-0.25, -0.2) is 4.79 Å². The molecule has 5 N–H and O–H groups in total. The number of carboxylic acid groups (broad SMARTS) is 1. The summed E-state index contributed by atoms with van der Waals surface area (Å²) < 4.78 is 5.21. The summed E-state index contributed by atoms with van der Waals surface area (Å²) in [6, 6.07) is -0.784. The highest BCUT2D eigenvalue weighted by molar-refractivity contribution is 5.84. The van der Waals surface area contributed by atoms with E-state index >= 15 is 0 Å². The summed E-state index contributed by atoms with van der Waals surface area (Å²) in [5, 5.41) is 40.3. The molecule has 0 saturated carbocycles. The maximum atomic E-state index is 11.4. The van der Waals surface area contributed by atoms with Gasteiger partial charge in [-0.1, -0.05) is 12.2 Å². The Morgan fingerprint density at radius 1 is 1.45 bits per heavy atom. The van der Waals surface area contributed by atoms with Crippen molar-refractivity contribution in [3.05, 3.63) is 24.0 Å². The number of allylic oxidation sites excluding steroid dienone is 1. The highest BCUT2D eigenvalue weighted by Crippen LogP contribution is 2.27. The summed E-state index contributed by atoms with van der Waals surface area (Å²) in [5.41, 5.74) is 0. The Bertz CT molecular complexity index is 474. The van der Waals surface area contributed by atoms with E-state index in [2.05, 4.69) is 5.32 Å². The van der Waals surface area contributed by atoms with Gasteiger partial charge in [0.15, 0.2) is 0 Å². The van der Waals surface area contributed by atoms with Crippen LogP contribution in [0, 0.1) is 5.92 Å². The molecular formula is C14H21NO7. The third kappa shape index (κ3) is 4.30. The largest absolute Gasteiger partial charge is 0.478 e. The molecule has 0 spiro atoms. The van der Waals surface area contributed by atoms with Gasteiger partial charge in [-0.2, -0.15) is 0 Å². The molecule has 22 heavy (non-hydrogen) atoms. The number of aliphatic carboxylic acids is 1. The molecule has 1 aliphatic rings. The number of hydrogen-bond acceptors (Lipinski definition) is 6. The smallest absolute Gasteiger partial charge is 0.370 e. The van der Waals surface area contributed by atoms with Gasteiger partial charge in [0, 0.05) is 12.8 Å². The lowest BCUT2D eigenvalue weighted by Gasteiger charge is -2.39. The van der Waals surface area contributed by atoms with E-state index in [1.807, 2.05) is 0 Å². The predicted octanol–water partition coefficient (Wildman–Crippen LogP) is -1.24. The first-order valence-corrected chi connectivity index (χ1v) is 6.80. The number of carboxylic acids is 1. The van der Waals surface area contributed by atoms with Crippen LogP contribution < -0.4 is 5.32 Å². The molecule has 0 aromatic carbocycles. The molecule has 8 heteroatoms. The maximum Gasteiger partial charge on any atom is 0.370 e. The number of nitrogens with one attached hydrogen (secondary N) is 1. The monoisotopic (exact) mass is 315 g/mol. The van der Waals surface area contributed by atoms with Crippen molar-refractivity contribution in [2.45, 2.75) is 38.2 Å². The molecule has 0 aromatic heterocycles. The quantitative estimate of drug-likeness (QED) is 0.387. The summed E-state index contributed by atoms with van der Waals surface area (Å²) in [6.07, 6.45) is 0.322. The van der Waals surface area contributed by atoms with Crippen LogP contribution in [0.5, 0.6) is 0 Å². The zero-order valence-corrected chi connectivity index (χ0v) is 12.3. The fourth-order valence-corrected chi connectivity index (χ4v) is 2.30. The Labute approximate surface area is 127 Å². The minimum absolute atomic E-state index is 0.390. The molecule has 8 nitrogen and oxygen atoms in total. The Morgan fingerprint density at radius 3 is 2.55 bits per heavy atom. The van der Waals surface area contributed by atoms with E-state index in [0.29, 0.717) is 0 Å². The number of carbonyl (C=O) groups is 2. The van der Waals surface area contributed by atoms with Gasteiger partial charge in [-0.3, -0.25) is 4.79 Å². The third-order valence-electron chi connectivity index (χ3n) is 3.29. The summed E-state index contributed by atoms with van der Waals surface area (Å²) in [5.74, 6) is -2.66. The lowest BCUT2D eigenvalue weighted by atomic mass is 9.87. The molecule has 0 aliphatic carbocycles. The Balaban J connectivity index is 3.20. The number of aliphatic hydroxyl groups excluding tert-OH is 3. The number of amides is 1. The molecule has 0 unspecified atom stereocenters. The molecule has 0 radical (unpaired) electrons. The Kier molecular flexibility index (Phi) is 6.54. The van der Waals surface area contributed by atoms with Gasteiger partial charge in [0.25, 0.3) is 0 Å². The van der Waals surface area contributed by atoms with E-state index in [1.54, 1.807) is 19.1 Å². The fraction of sp³-hybridized carbons (Fsp3) is 0.571. The van der Waals surface area contributed by atoms with Crippen molar-refractivity contribution in [1.29, 1.82) is 0 Å². The SMILES string of the molecule is C/C=C/[C@@H]1C=C(C(=O)O)O[C@@H]([C@H](O)[C@H](O)CO)[C@@H]1NC(C)=O. The summed E-state index contributed by atoms with van der Waals surface area (Å²) in [6.45, 7) is 2.27. The maximum absolute atomic E-state index is 11.4. The van der Waals surface area contributed by atoms with E-state index < -0.39 is 48.8 Å². The molecule has 0 aromatic rings. The minimum atomic E-state index is -1.57. The first-order chi connectivity index (χ1) is 10.3. The molecule has 1 heterocycles. The lowest BCUT2D eigenvalue weighted by molar-refractivity contribution is -0.146. The van der Waals surface area contributed by atoms with Gasteiger partial charge in [0.2, 0.25) is 11.7 Å². The van der Waals surface area contributed by atoms with Crippen LogP contribution >= 0.6 is 0 Å². The third-order valence-corrected chi connectivity index (χ3v) is 3.29. The molecule has 1 amide bonds. The summed E-state index contributed by atoms with van der Waals surface area (Å²) in [7, 11) is 0. The van der Waals surface area contributed by atoms with Crippen LogP contribution in [0.1, 0.15) is 13.8 Å². The van der Waals surface area contributed by atoms with Crippen LogP contribution in [0.4, 0.5) is 0 Å². The zero-order valence-electron chi connectivity index (χ0n) is 12.3. The van der Waals surface area contributed by atoms with Crippen molar-refractivity contribution in [3.8, 4) is 0 Å². The molecule has 124 valence electrons. The zero-order chi connectivity index (χ0) is 16.9. The van der Waals surface area contributed by atoms with Crippen molar-refractivity contribution in [3.63, 3.8) is 0 Å². The Morgan fingerprint density at radius 2 is 2.09 bits per heavy atom. The van der Waals surface area contributed by atoms with Crippen LogP contribution in [-0.4, -0.2) is 63.3 Å². The van der Waals surface area contributed by atoms with Gasteiger partial charge in [0.1, 0.15) is 18.3 Å². The fourth-order valence-electron chi connectivity index (χ4n) is 2.30. The van der Waals surface area contributed by atoms with Crippen molar-refractivity contribution in [2.75, 3.05) is 6.61 Å². The van der Waals surface area contributed by atoms with E-state index in [9.17, 15) is 19.8 Å². The van der Waals surface area contributed by atoms with Crippen LogP contribution in [0.25, 0.3) is 0 Å². The molecule has 1 rings (SSSR count). The first kappa shape index (κ1) is 18.1. The normalized spacial score (nSPS) is 27.7. The molecule has 0 bridgehead atoms. The average molecular weight is 315 g/mol. The van der Waals surface area contributed by atoms with Crippen molar-refractivity contribution < 1.29 is 34.8 Å². The second-order valence-electron chi connectivity index (χ2n) is 4.99. The van der Waals surface area contributed by atoms with Gasteiger partial charge >= 0.3 is 5.97 Å². The van der Waals surface area contributed by atoms with Crippen molar-refractivity contribution in [1.82, 2.24) is 5.32 Å². The highest BCUT2D eigenvalue weighted by atomic mass is 16.5. The van der Waals surface area contributed by atoms with Gasteiger partial charge < -0.3 is 30.5 Å². The van der Waals surface area contributed by atoms with Crippen LogP contribution in [0.2, 0.25) is 0 Å². The number of ether oxygens (including phenoxy) is 1. The van der Waals surface area contributed by atoms with Crippen molar-refractivity contribution >= 4 is 11.9 Å². The van der Waals surface area contributed by atoms with E-state index in [1.165, 1.54) is 13.0 Å². The first-order valence-electron chi connectivity index (χ1n) is 6.80. The lowest BCUT2D eigenvalue weighted by Crippen LogP contribution is -2.57. The van der Waals surface area contributed by atoms with Gasteiger partial charge in [0.05, 0.1) is 12.6 Å². The minimum Gasteiger partial charge on any atom is -0.478 e. The van der Waals surface area contributed by atoms with Crippen molar-refractivity contribution in [2.24, 2.45) is 5.92 Å².